The van der Waals surface area contributed by atoms with E-state index in [1.165, 1.54) is 12.8 Å². The highest BCUT2D eigenvalue weighted by atomic mass is 35.5. The maximum atomic E-state index is 9.12. The van der Waals surface area contributed by atoms with Crippen molar-refractivity contribution in [2.75, 3.05) is 6.61 Å². The molecule has 3 nitrogen and oxygen atoms in total. The average Bonchev–Trinajstić information content (AvgIpc) is 3.04. The van der Waals surface area contributed by atoms with Crippen molar-refractivity contribution in [1.82, 2.24) is 9.55 Å². The van der Waals surface area contributed by atoms with Gasteiger partial charge in [0, 0.05) is 12.5 Å². The van der Waals surface area contributed by atoms with E-state index in [0.29, 0.717) is 17.5 Å². The Bertz CT molecular complexity index is 531. The van der Waals surface area contributed by atoms with Gasteiger partial charge < -0.3 is 9.67 Å². The number of hydrogen-bond donors (Lipinski definition) is 1. The van der Waals surface area contributed by atoms with Crippen molar-refractivity contribution >= 4 is 22.6 Å². The van der Waals surface area contributed by atoms with Crippen LogP contribution < -0.4 is 0 Å². The molecule has 0 atom stereocenters. The van der Waals surface area contributed by atoms with Crippen LogP contribution in [0.15, 0.2) is 18.2 Å². The molecule has 1 N–H and O–H groups in total. The molecule has 0 aliphatic heterocycles. The molecule has 1 aliphatic carbocycles. The quantitative estimate of drug-likeness (QED) is 0.890. The standard InChI is InChI=1S/C12H13ClN2O/c13-9-2-1-3-10-11(9)15(6-7-16)12(14-10)8-4-5-8/h1-3,8,16H,4-7H2. The highest BCUT2D eigenvalue weighted by Crippen LogP contribution is 2.41. The van der Waals surface area contributed by atoms with Gasteiger partial charge in [0.05, 0.1) is 22.7 Å². The van der Waals surface area contributed by atoms with E-state index in [9.17, 15) is 0 Å². The molecule has 1 aliphatic rings. The number of aromatic nitrogens is 2. The number of halogens is 1. The van der Waals surface area contributed by atoms with E-state index in [4.69, 9.17) is 16.7 Å². The van der Waals surface area contributed by atoms with Crippen molar-refractivity contribution in [3.8, 4) is 0 Å². The third-order valence-electron chi connectivity index (χ3n) is 3.01. The molecule has 1 aromatic heterocycles. The second kappa shape index (κ2) is 3.75. The first-order valence-corrected chi connectivity index (χ1v) is 5.94. The minimum Gasteiger partial charge on any atom is -0.395 e. The number of rotatable bonds is 3. The molecular formula is C12H13ClN2O. The Morgan fingerprint density at radius 3 is 2.94 bits per heavy atom. The van der Waals surface area contributed by atoms with Gasteiger partial charge in [-0.2, -0.15) is 0 Å². The third kappa shape index (κ3) is 1.51. The number of imidazole rings is 1. The van der Waals surface area contributed by atoms with Crippen LogP contribution >= 0.6 is 11.6 Å². The lowest BCUT2D eigenvalue weighted by Gasteiger charge is -2.06. The topological polar surface area (TPSA) is 38.0 Å². The van der Waals surface area contributed by atoms with Gasteiger partial charge in [-0.15, -0.1) is 0 Å². The van der Waals surface area contributed by atoms with Crippen LogP contribution in [0.4, 0.5) is 0 Å². The molecule has 1 heterocycles. The second-order valence-electron chi connectivity index (χ2n) is 4.23. The van der Waals surface area contributed by atoms with Crippen molar-refractivity contribution in [2.24, 2.45) is 0 Å². The molecule has 4 heteroatoms. The summed E-state index contributed by atoms with van der Waals surface area (Å²) < 4.78 is 2.06. The summed E-state index contributed by atoms with van der Waals surface area (Å²) in [5.41, 5.74) is 1.89. The zero-order chi connectivity index (χ0) is 11.1. The largest absolute Gasteiger partial charge is 0.395 e. The number of aliphatic hydroxyl groups excluding tert-OH is 1. The number of aliphatic hydroxyl groups is 1. The van der Waals surface area contributed by atoms with Gasteiger partial charge in [-0.25, -0.2) is 4.98 Å². The fourth-order valence-corrected chi connectivity index (χ4v) is 2.41. The number of nitrogens with zero attached hydrogens (tertiary/aromatic N) is 2. The molecule has 0 radical (unpaired) electrons. The zero-order valence-corrected chi connectivity index (χ0v) is 9.61. The molecule has 1 aromatic carbocycles. The van der Waals surface area contributed by atoms with Crippen molar-refractivity contribution in [2.45, 2.75) is 25.3 Å². The van der Waals surface area contributed by atoms with Crippen LogP contribution in [0.3, 0.4) is 0 Å². The van der Waals surface area contributed by atoms with Crippen LogP contribution in [0.2, 0.25) is 5.02 Å². The van der Waals surface area contributed by atoms with Crippen LogP contribution in [-0.4, -0.2) is 21.3 Å². The normalized spacial score (nSPS) is 15.9. The van der Waals surface area contributed by atoms with Crippen LogP contribution in [0.25, 0.3) is 11.0 Å². The van der Waals surface area contributed by atoms with Gasteiger partial charge in [0.2, 0.25) is 0 Å². The fraction of sp³-hybridized carbons (Fsp3) is 0.417. The van der Waals surface area contributed by atoms with E-state index in [1.54, 1.807) is 0 Å². The maximum absolute atomic E-state index is 9.12. The lowest BCUT2D eigenvalue weighted by molar-refractivity contribution is 0.276. The minimum absolute atomic E-state index is 0.121. The van der Waals surface area contributed by atoms with Gasteiger partial charge in [-0.1, -0.05) is 17.7 Å². The summed E-state index contributed by atoms with van der Waals surface area (Å²) >= 11 is 6.19. The smallest absolute Gasteiger partial charge is 0.113 e. The maximum Gasteiger partial charge on any atom is 0.113 e. The Labute approximate surface area is 98.7 Å². The third-order valence-corrected chi connectivity index (χ3v) is 3.32. The Hall–Kier alpha value is -1.06. The zero-order valence-electron chi connectivity index (χ0n) is 8.86. The van der Waals surface area contributed by atoms with Crippen molar-refractivity contribution < 1.29 is 5.11 Å². The monoisotopic (exact) mass is 236 g/mol. The van der Waals surface area contributed by atoms with Gasteiger partial charge in [-0.05, 0) is 25.0 Å². The summed E-state index contributed by atoms with van der Waals surface area (Å²) in [7, 11) is 0. The average molecular weight is 237 g/mol. The summed E-state index contributed by atoms with van der Waals surface area (Å²) in [6.45, 7) is 0.697. The number of para-hydroxylation sites is 1. The lowest BCUT2D eigenvalue weighted by Crippen LogP contribution is -2.06. The molecule has 0 unspecified atom stereocenters. The summed E-state index contributed by atoms with van der Waals surface area (Å²) in [5, 5.41) is 9.84. The van der Waals surface area contributed by atoms with Gasteiger partial charge >= 0.3 is 0 Å². The molecule has 2 aromatic rings. The molecule has 1 saturated carbocycles. The SMILES string of the molecule is OCCn1c(C2CC2)nc2cccc(Cl)c21. The molecule has 0 spiro atoms. The predicted molar refractivity (Wildman–Crippen MR) is 63.8 cm³/mol. The first kappa shape index (κ1) is 10.1. The number of hydrogen-bond acceptors (Lipinski definition) is 2. The van der Waals surface area contributed by atoms with E-state index in [1.807, 2.05) is 18.2 Å². The van der Waals surface area contributed by atoms with E-state index in [0.717, 1.165) is 16.9 Å². The van der Waals surface area contributed by atoms with Crippen molar-refractivity contribution in [3.05, 3.63) is 29.0 Å². The number of benzene rings is 1. The van der Waals surface area contributed by atoms with Crippen molar-refractivity contribution in [1.29, 1.82) is 0 Å². The fourth-order valence-electron chi connectivity index (χ4n) is 2.14. The van der Waals surface area contributed by atoms with Gasteiger partial charge in [0.25, 0.3) is 0 Å². The molecule has 1 fully saturated rings. The first-order chi connectivity index (χ1) is 7.81. The predicted octanol–water partition coefficient (Wildman–Crippen LogP) is 2.56. The molecule has 0 bridgehead atoms. The summed E-state index contributed by atoms with van der Waals surface area (Å²) in [4.78, 5) is 4.62. The highest BCUT2D eigenvalue weighted by Gasteiger charge is 2.29. The Kier molecular flexibility index (Phi) is 2.37. The molecule has 0 amide bonds. The van der Waals surface area contributed by atoms with Crippen molar-refractivity contribution in [3.63, 3.8) is 0 Å². The van der Waals surface area contributed by atoms with E-state index >= 15 is 0 Å². The molecule has 3 rings (SSSR count). The van der Waals surface area contributed by atoms with E-state index in [2.05, 4.69) is 9.55 Å². The van der Waals surface area contributed by atoms with Gasteiger partial charge in [-0.3, -0.25) is 0 Å². The Balaban J connectivity index is 2.25. The molecule has 84 valence electrons. The van der Waals surface area contributed by atoms with E-state index < -0.39 is 0 Å². The van der Waals surface area contributed by atoms with Gasteiger partial charge in [0.15, 0.2) is 0 Å². The minimum atomic E-state index is 0.121. The van der Waals surface area contributed by atoms with Crippen LogP contribution in [0, 0.1) is 0 Å². The molecule has 16 heavy (non-hydrogen) atoms. The Morgan fingerprint density at radius 1 is 1.44 bits per heavy atom. The lowest BCUT2D eigenvalue weighted by atomic mass is 10.3. The molecular weight excluding hydrogens is 224 g/mol. The summed E-state index contributed by atoms with van der Waals surface area (Å²) in [6.07, 6.45) is 2.40. The summed E-state index contributed by atoms with van der Waals surface area (Å²) in [6, 6.07) is 5.76. The van der Waals surface area contributed by atoms with Crippen LogP contribution in [0.5, 0.6) is 0 Å². The Morgan fingerprint density at radius 2 is 2.25 bits per heavy atom. The first-order valence-electron chi connectivity index (χ1n) is 5.57. The summed E-state index contributed by atoms with van der Waals surface area (Å²) in [5.74, 6) is 1.65. The second-order valence-corrected chi connectivity index (χ2v) is 4.63. The van der Waals surface area contributed by atoms with E-state index in [-0.39, 0.29) is 6.61 Å². The highest BCUT2D eigenvalue weighted by molar-refractivity contribution is 6.35. The molecule has 0 saturated heterocycles. The number of fused-ring (bicyclic) bond motifs is 1. The van der Waals surface area contributed by atoms with Crippen LogP contribution in [-0.2, 0) is 6.54 Å². The van der Waals surface area contributed by atoms with Gasteiger partial charge in [0.1, 0.15) is 5.82 Å². The van der Waals surface area contributed by atoms with Crippen LogP contribution in [0.1, 0.15) is 24.6 Å².